The smallest absolute Gasteiger partial charge is 0.251 e. The van der Waals surface area contributed by atoms with Gasteiger partial charge in [0.15, 0.2) is 0 Å². The number of nitriles is 1. The molecule has 2 aliphatic rings. The number of amides is 1. The van der Waals surface area contributed by atoms with Crippen molar-refractivity contribution in [2.24, 2.45) is 0 Å². The van der Waals surface area contributed by atoms with Crippen LogP contribution in [0, 0.1) is 18.3 Å². The molecule has 1 heterocycles. The van der Waals surface area contributed by atoms with E-state index < -0.39 is 0 Å². The number of nitrogens with one attached hydrogen (secondary N) is 1. The fourth-order valence-electron chi connectivity index (χ4n) is 4.41. The highest BCUT2D eigenvalue weighted by atomic mass is 35.5. The van der Waals surface area contributed by atoms with Gasteiger partial charge in [-0.2, -0.15) is 5.26 Å². The van der Waals surface area contributed by atoms with Gasteiger partial charge < -0.3 is 10.2 Å². The Bertz CT molecular complexity index is 924. The topological polar surface area (TPSA) is 56.1 Å². The summed E-state index contributed by atoms with van der Waals surface area (Å²) in [7, 11) is 0. The molecule has 1 amide bonds. The third kappa shape index (κ3) is 3.72. The number of nitrogens with zero attached hydrogens (tertiary/aromatic N) is 2. The van der Waals surface area contributed by atoms with Crippen molar-refractivity contribution in [1.82, 2.24) is 5.32 Å². The van der Waals surface area contributed by atoms with Crippen molar-refractivity contribution in [2.75, 3.05) is 11.4 Å². The summed E-state index contributed by atoms with van der Waals surface area (Å²) >= 11 is 6.26. The first-order chi connectivity index (χ1) is 13.5. The lowest BCUT2D eigenvalue weighted by Gasteiger charge is -2.36. The third-order valence-electron chi connectivity index (χ3n) is 6.01. The molecule has 4 rings (SSSR count). The van der Waals surface area contributed by atoms with E-state index in [4.69, 9.17) is 11.6 Å². The van der Waals surface area contributed by atoms with E-state index in [0.29, 0.717) is 16.6 Å². The van der Waals surface area contributed by atoms with Crippen LogP contribution in [-0.4, -0.2) is 24.5 Å². The minimum absolute atomic E-state index is 0.0192. The number of carbonyl (C=O) groups is 1. The van der Waals surface area contributed by atoms with E-state index >= 15 is 0 Å². The van der Waals surface area contributed by atoms with Crippen LogP contribution in [0.2, 0.25) is 5.02 Å². The van der Waals surface area contributed by atoms with Gasteiger partial charge in [0.1, 0.15) is 6.07 Å². The maximum Gasteiger partial charge on any atom is 0.251 e. The molecule has 1 aliphatic carbocycles. The highest BCUT2D eigenvalue weighted by Crippen LogP contribution is 2.37. The summed E-state index contributed by atoms with van der Waals surface area (Å²) in [5, 5.41) is 12.9. The zero-order valence-electron chi connectivity index (χ0n) is 16.0. The molecule has 0 bridgehead atoms. The first kappa shape index (κ1) is 18.8. The van der Waals surface area contributed by atoms with Crippen LogP contribution in [0.4, 0.5) is 5.69 Å². The van der Waals surface area contributed by atoms with Gasteiger partial charge in [-0.15, -0.1) is 0 Å². The second-order valence-electron chi connectivity index (χ2n) is 7.86. The predicted molar refractivity (Wildman–Crippen MR) is 112 cm³/mol. The predicted octanol–water partition coefficient (Wildman–Crippen LogP) is 4.62. The summed E-state index contributed by atoms with van der Waals surface area (Å²) in [5.41, 5.74) is 4.84. The maximum atomic E-state index is 12.5. The maximum absolute atomic E-state index is 12.5. The number of carbonyl (C=O) groups excluding carboxylic acids is 1. The Balaban J connectivity index is 1.37. The number of anilines is 1. The highest BCUT2D eigenvalue weighted by molar-refractivity contribution is 6.32. The molecule has 1 fully saturated rings. The largest absolute Gasteiger partial charge is 0.368 e. The highest BCUT2D eigenvalue weighted by Gasteiger charge is 2.31. The summed E-state index contributed by atoms with van der Waals surface area (Å²) in [6.07, 6.45) is 5.04. The quantitative estimate of drug-likeness (QED) is 0.827. The average Bonchev–Trinajstić information content (AvgIpc) is 3.11. The lowest BCUT2D eigenvalue weighted by atomic mass is 9.90. The molecule has 0 spiro atoms. The van der Waals surface area contributed by atoms with Crippen LogP contribution in [0.15, 0.2) is 36.4 Å². The summed E-state index contributed by atoms with van der Waals surface area (Å²) in [5.74, 6) is 0.0192. The molecule has 0 radical (unpaired) electrons. The Kier molecular flexibility index (Phi) is 5.28. The minimum Gasteiger partial charge on any atom is -0.368 e. The van der Waals surface area contributed by atoms with Crippen LogP contribution in [0.3, 0.4) is 0 Å². The van der Waals surface area contributed by atoms with Gasteiger partial charge in [-0.25, -0.2) is 0 Å². The summed E-state index contributed by atoms with van der Waals surface area (Å²) in [6, 6.07) is 14.5. The number of hydrogen-bond donors (Lipinski definition) is 1. The van der Waals surface area contributed by atoms with E-state index in [1.54, 1.807) is 0 Å². The van der Waals surface area contributed by atoms with Gasteiger partial charge in [0.25, 0.3) is 5.91 Å². The second kappa shape index (κ2) is 7.85. The van der Waals surface area contributed by atoms with Crippen molar-refractivity contribution in [3.05, 3.63) is 63.7 Å². The van der Waals surface area contributed by atoms with E-state index in [0.717, 1.165) is 49.8 Å². The number of rotatable bonds is 3. The van der Waals surface area contributed by atoms with Gasteiger partial charge in [0.2, 0.25) is 0 Å². The van der Waals surface area contributed by atoms with E-state index in [2.05, 4.69) is 16.3 Å². The zero-order valence-corrected chi connectivity index (χ0v) is 16.8. The molecule has 28 heavy (non-hydrogen) atoms. The van der Waals surface area contributed by atoms with Crippen molar-refractivity contribution in [2.45, 2.75) is 51.1 Å². The van der Waals surface area contributed by atoms with Crippen LogP contribution >= 0.6 is 11.6 Å². The monoisotopic (exact) mass is 393 g/mol. The van der Waals surface area contributed by atoms with Crippen molar-refractivity contribution in [1.29, 1.82) is 5.26 Å². The molecule has 4 nitrogen and oxygen atoms in total. The lowest BCUT2D eigenvalue weighted by molar-refractivity contribution is 0.0925. The van der Waals surface area contributed by atoms with E-state index in [9.17, 15) is 10.1 Å². The average molecular weight is 394 g/mol. The molecule has 0 unspecified atom stereocenters. The van der Waals surface area contributed by atoms with E-state index in [1.165, 1.54) is 11.3 Å². The fourth-order valence-corrected chi connectivity index (χ4v) is 4.61. The van der Waals surface area contributed by atoms with Crippen molar-refractivity contribution in [3.8, 4) is 6.07 Å². The van der Waals surface area contributed by atoms with Gasteiger partial charge in [-0.05, 0) is 68.9 Å². The Labute approximate surface area is 171 Å². The Morgan fingerprint density at radius 2 is 1.89 bits per heavy atom. The van der Waals surface area contributed by atoms with Crippen LogP contribution in [0.5, 0.6) is 0 Å². The SMILES string of the molecule is Cc1ccc(C(=O)N[C@H]2CC[C@H](N3CCc4cc(C#N)c(Cl)cc43)CC2)cc1. The lowest BCUT2D eigenvalue weighted by Crippen LogP contribution is -2.43. The number of hydrogen-bond acceptors (Lipinski definition) is 3. The van der Waals surface area contributed by atoms with E-state index in [1.807, 2.05) is 43.3 Å². The normalized spacial score (nSPS) is 21.1. The Morgan fingerprint density at radius 1 is 1.18 bits per heavy atom. The number of aryl methyl sites for hydroxylation is 1. The van der Waals surface area contributed by atoms with Crippen LogP contribution < -0.4 is 10.2 Å². The molecule has 2 aromatic carbocycles. The molecular weight excluding hydrogens is 370 g/mol. The third-order valence-corrected chi connectivity index (χ3v) is 6.32. The molecular formula is C23H24ClN3O. The zero-order chi connectivity index (χ0) is 19.7. The molecule has 5 heteroatoms. The summed E-state index contributed by atoms with van der Waals surface area (Å²) < 4.78 is 0. The van der Waals surface area contributed by atoms with Gasteiger partial charge in [-0.1, -0.05) is 29.3 Å². The number of halogens is 1. The van der Waals surface area contributed by atoms with Crippen LogP contribution in [-0.2, 0) is 6.42 Å². The molecule has 0 atom stereocenters. The Hall–Kier alpha value is -2.51. The summed E-state index contributed by atoms with van der Waals surface area (Å²) in [4.78, 5) is 14.9. The molecule has 1 saturated carbocycles. The van der Waals surface area contributed by atoms with Crippen LogP contribution in [0.1, 0.15) is 52.7 Å². The van der Waals surface area contributed by atoms with Gasteiger partial charge in [0.05, 0.1) is 10.6 Å². The molecule has 1 N–H and O–H groups in total. The minimum atomic E-state index is 0.0192. The number of benzene rings is 2. The van der Waals surface area contributed by atoms with Gasteiger partial charge >= 0.3 is 0 Å². The fraction of sp³-hybridized carbons (Fsp3) is 0.391. The van der Waals surface area contributed by atoms with Crippen LogP contribution in [0.25, 0.3) is 0 Å². The molecule has 0 saturated heterocycles. The summed E-state index contributed by atoms with van der Waals surface area (Å²) in [6.45, 7) is 3.00. The molecule has 0 aromatic heterocycles. The Morgan fingerprint density at radius 3 is 2.57 bits per heavy atom. The molecule has 2 aromatic rings. The van der Waals surface area contributed by atoms with Crippen molar-refractivity contribution in [3.63, 3.8) is 0 Å². The van der Waals surface area contributed by atoms with Gasteiger partial charge in [-0.3, -0.25) is 4.79 Å². The second-order valence-corrected chi connectivity index (χ2v) is 8.27. The first-order valence-corrected chi connectivity index (χ1v) is 10.3. The van der Waals surface area contributed by atoms with Gasteiger partial charge in [0, 0.05) is 29.9 Å². The standard InChI is InChI=1S/C23H24ClN3O/c1-15-2-4-16(5-3-15)23(28)26-19-6-8-20(9-7-19)27-11-10-17-12-18(14-25)21(24)13-22(17)27/h2-5,12-13,19-20H,6-11H2,1H3,(H,26,28)/t19-,20-. The first-order valence-electron chi connectivity index (χ1n) is 9.92. The van der Waals surface area contributed by atoms with Crippen molar-refractivity contribution >= 4 is 23.2 Å². The van der Waals surface area contributed by atoms with E-state index in [-0.39, 0.29) is 11.9 Å². The van der Waals surface area contributed by atoms with Crippen molar-refractivity contribution < 1.29 is 4.79 Å². The number of fused-ring (bicyclic) bond motifs is 1. The molecule has 1 aliphatic heterocycles. The molecule has 144 valence electrons.